The Hall–Kier alpha value is -1.59. The van der Waals surface area contributed by atoms with Gasteiger partial charge in [-0.25, -0.2) is 0 Å². The van der Waals surface area contributed by atoms with E-state index in [4.69, 9.17) is 4.74 Å². The molecule has 0 spiro atoms. The lowest BCUT2D eigenvalue weighted by atomic mass is 10.1. The number of phenolic OH excluding ortho intramolecular Hbond substituents is 2. The standard InChI is InChI=1S/C14H19NO4/c1-2-11-9-19-6-5-15(11)8-14(18)10-3-4-12(16)13(17)7-10/h3-4,7,11,16-17H,2,5-6,8-9H2,1H3. The van der Waals surface area contributed by atoms with E-state index in [0.29, 0.717) is 25.3 Å². The molecule has 0 aromatic heterocycles. The third-order valence-electron chi connectivity index (χ3n) is 3.46. The molecule has 5 nitrogen and oxygen atoms in total. The predicted octanol–water partition coefficient (Wildman–Crippen LogP) is 1.39. The zero-order valence-corrected chi connectivity index (χ0v) is 11.0. The molecule has 1 heterocycles. The first-order valence-electron chi connectivity index (χ1n) is 6.48. The van der Waals surface area contributed by atoms with Gasteiger partial charge in [0, 0.05) is 18.2 Å². The second-order valence-corrected chi connectivity index (χ2v) is 4.73. The van der Waals surface area contributed by atoms with Crippen molar-refractivity contribution in [2.75, 3.05) is 26.3 Å². The van der Waals surface area contributed by atoms with Gasteiger partial charge < -0.3 is 14.9 Å². The van der Waals surface area contributed by atoms with Gasteiger partial charge in [0.05, 0.1) is 19.8 Å². The van der Waals surface area contributed by atoms with E-state index in [0.717, 1.165) is 13.0 Å². The lowest BCUT2D eigenvalue weighted by molar-refractivity contribution is -0.00585. The van der Waals surface area contributed by atoms with Crippen molar-refractivity contribution in [1.82, 2.24) is 4.90 Å². The number of hydrogen-bond donors (Lipinski definition) is 2. The van der Waals surface area contributed by atoms with Crippen LogP contribution in [0.5, 0.6) is 11.5 Å². The molecule has 5 heteroatoms. The number of phenols is 2. The van der Waals surface area contributed by atoms with Crippen molar-refractivity contribution in [1.29, 1.82) is 0 Å². The van der Waals surface area contributed by atoms with Crippen LogP contribution >= 0.6 is 0 Å². The summed E-state index contributed by atoms with van der Waals surface area (Å²) in [5, 5.41) is 18.7. The summed E-state index contributed by atoms with van der Waals surface area (Å²) in [7, 11) is 0. The molecule has 0 amide bonds. The van der Waals surface area contributed by atoms with Crippen LogP contribution in [0.3, 0.4) is 0 Å². The molecule has 1 aromatic carbocycles. The summed E-state index contributed by atoms with van der Waals surface area (Å²) < 4.78 is 5.40. The van der Waals surface area contributed by atoms with E-state index in [9.17, 15) is 15.0 Å². The Morgan fingerprint density at radius 1 is 1.42 bits per heavy atom. The summed E-state index contributed by atoms with van der Waals surface area (Å²) in [6.07, 6.45) is 0.939. The van der Waals surface area contributed by atoms with Gasteiger partial charge in [0.2, 0.25) is 0 Å². The molecule has 0 aliphatic carbocycles. The summed E-state index contributed by atoms with van der Waals surface area (Å²) in [4.78, 5) is 14.3. The molecule has 2 N–H and O–H groups in total. The van der Waals surface area contributed by atoms with Gasteiger partial charge in [-0.05, 0) is 24.6 Å². The fourth-order valence-electron chi connectivity index (χ4n) is 2.25. The van der Waals surface area contributed by atoms with E-state index in [1.54, 1.807) is 0 Å². The van der Waals surface area contributed by atoms with Crippen LogP contribution in [0.15, 0.2) is 18.2 Å². The number of ketones is 1. The topological polar surface area (TPSA) is 70.0 Å². The van der Waals surface area contributed by atoms with Crippen molar-refractivity contribution in [3.63, 3.8) is 0 Å². The lowest BCUT2D eigenvalue weighted by Crippen LogP contribution is -2.47. The molecule has 1 saturated heterocycles. The van der Waals surface area contributed by atoms with E-state index >= 15 is 0 Å². The number of aromatic hydroxyl groups is 2. The number of Topliss-reactive ketones (excluding diaryl/α,β-unsaturated/α-hetero) is 1. The molecule has 1 aliphatic heterocycles. The summed E-state index contributed by atoms with van der Waals surface area (Å²) in [5.74, 6) is -0.537. The Bertz CT molecular complexity index is 461. The predicted molar refractivity (Wildman–Crippen MR) is 70.6 cm³/mol. The molecule has 104 valence electrons. The number of carbonyl (C=O) groups is 1. The smallest absolute Gasteiger partial charge is 0.176 e. The van der Waals surface area contributed by atoms with Crippen molar-refractivity contribution in [2.45, 2.75) is 19.4 Å². The zero-order valence-electron chi connectivity index (χ0n) is 11.0. The van der Waals surface area contributed by atoms with Crippen LogP contribution in [0, 0.1) is 0 Å². The number of carbonyl (C=O) groups excluding carboxylic acids is 1. The number of morpholine rings is 1. The zero-order chi connectivity index (χ0) is 13.8. The average molecular weight is 265 g/mol. The highest BCUT2D eigenvalue weighted by molar-refractivity contribution is 5.98. The van der Waals surface area contributed by atoms with Crippen molar-refractivity contribution in [3.8, 4) is 11.5 Å². The van der Waals surface area contributed by atoms with E-state index in [1.165, 1.54) is 18.2 Å². The summed E-state index contributed by atoms with van der Waals surface area (Å²) in [6.45, 7) is 4.43. The fraction of sp³-hybridized carbons (Fsp3) is 0.500. The van der Waals surface area contributed by atoms with Gasteiger partial charge in [0.15, 0.2) is 17.3 Å². The molecule has 1 aromatic rings. The van der Waals surface area contributed by atoms with Gasteiger partial charge in [-0.2, -0.15) is 0 Å². The molecule has 0 radical (unpaired) electrons. The number of hydrogen-bond acceptors (Lipinski definition) is 5. The highest BCUT2D eigenvalue weighted by Gasteiger charge is 2.24. The van der Waals surface area contributed by atoms with Gasteiger partial charge in [-0.1, -0.05) is 6.92 Å². The van der Waals surface area contributed by atoms with E-state index in [1.807, 2.05) is 0 Å². The Labute approximate surface area is 112 Å². The van der Waals surface area contributed by atoms with Crippen LogP contribution in [0.25, 0.3) is 0 Å². The van der Waals surface area contributed by atoms with Crippen molar-refractivity contribution >= 4 is 5.78 Å². The quantitative estimate of drug-likeness (QED) is 0.636. The lowest BCUT2D eigenvalue weighted by Gasteiger charge is -2.34. The first-order valence-corrected chi connectivity index (χ1v) is 6.48. The molecule has 1 aliphatic rings. The molecular formula is C14H19NO4. The Morgan fingerprint density at radius 2 is 2.21 bits per heavy atom. The third-order valence-corrected chi connectivity index (χ3v) is 3.46. The highest BCUT2D eigenvalue weighted by atomic mass is 16.5. The summed E-state index contributed by atoms with van der Waals surface area (Å²) in [6, 6.07) is 4.43. The number of ether oxygens (including phenoxy) is 1. The van der Waals surface area contributed by atoms with E-state index < -0.39 is 0 Å². The van der Waals surface area contributed by atoms with Gasteiger partial charge in [-0.3, -0.25) is 9.69 Å². The first-order chi connectivity index (χ1) is 9.11. The normalized spacial score (nSPS) is 20.4. The maximum absolute atomic E-state index is 12.2. The maximum atomic E-state index is 12.2. The van der Waals surface area contributed by atoms with Crippen LogP contribution in [-0.4, -0.2) is 53.2 Å². The van der Waals surface area contributed by atoms with Gasteiger partial charge >= 0.3 is 0 Å². The molecule has 19 heavy (non-hydrogen) atoms. The maximum Gasteiger partial charge on any atom is 0.176 e. The minimum Gasteiger partial charge on any atom is -0.504 e. The summed E-state index contributed by atoms with van der Waals surface area (Å²) in [5.41, 5.74) is 0.414. The monoisotopic (exact) mass is 265 g/mol. The molecule has 1 atom stereocenters. The Kier molecular flexibility index (Phi) is 4.39. The minimum atomic E-state index is -0.264. The Balaban J connectivity index is 2.05. The fourth-order valence-corrected chi connectivity index (χ4v) is 2.25. The summed E-state index contributed by atoms with van der Waals surface area (Å²) >= 11 is 0. The number of rotatable bonds is 4. The number of nitrogens with zero attached hydrogens (tertiary/aromatic N) is 1. The molecular weight excluding hydrogens is 246 g/mol. The van der Waals surface area contributed by atoms with Crippen molar-refractivity contribution in [3.05, 3.63) is 23.8 Å². The van der Waals surface area contributed by atoms with Crippen LogP contribution in [0.4, 0.5) is 0 Å². The van der Waals surface area contributed by atoms with Crippen LogP contribution in [0.2, 0.25) is 0 Å². The Morgan fingerprint density at radius 3 is 2.89 bits per heavy atom. The van der Waals surface area contributed by atoms with Crippen molar-refractivity contribution < 1.29 is 19.7 Å². The third kappa shape index (κ3) is 3.24. The van der Waals surface area contributed by atoms with E-state index in [2.05, 4.69) is 11.8 Å². The molecule has 0 bridgehead atoms. The molecule has 0 saturated carbocycles. The first kappa shape index (κ1) is 13.8. The van der Waals surface area contributed by atoms with Gasteiger partial charge in [0.25, 0.3) is 0 Å². The SMILES string of the molecule is CCC1COCCN1CC(=O)c1ccc(O)c(O)c1. The highest BCUT2D eigenvalue weighted by Crippen LogP contribution is 2.25. The van der Waals surface area contributed by atoms with Gasteiger partial charge in [-0.15, -0.1) is 0 Å². The van der Waals surface area contributed by atoms with Crippen molar-refractivity contribution in [2.24, 2.45) is 0 Å². The van der Waals surface area contributed by atoms with Crippen LogP contribution in [-0.2, 0) is 4.74 Å². The second kappa shape index (κ2) is 6.04. The minimum absolute atomic E-state index is 0.0596. The molecule has 1 unspecified atom stereocenters. The average Bonchev–Trinajstić information content (AvgIpc) is 2.42. The second-order valence-electron chi connectivity index (χ2n) is 4.73. The number of benzene rings is 1. The van der Waals surface area contributed by atoms with E-state index in [-0.39, 0.29) is 23.3 Å². The van der Waals surface area contributed by atoms with Gasteiger partial charge in [0.1, 0.15) is 0 Å². The van der Waals surface area contributed by atoms with Crippen LogP contribution in [0.1, 0.15) is 23.7 Å². The van der Waals surface area contributed by atoms with Crippen LogP contribution < -0.4 is 0 Å². The molecule has 1 fully saturated rings. The molecule has 2 rings (SSSR count). The largest absolute Gasteiger partial charge is 0.504 e.